The van der Waals surface area contributed by atoms with E-state index in [4.69, 9.17) is 0 Å². The smallest absolute Gasteiger partial charge is 0.255 e. The molecule has 1 aromatic rings. The zero-order valence-electron chi connectivity index (χ0n) is 16.6. The van der Waals surface area contributed by atoms with Gasteiger partial charge in [0.05, 0.1) is 6.04 Å². The van der Waals surface area contributed by atoms with Crippen LogP contribution in [-0.4, -0.2) is 42.4 Å². The summed E-state index contributed by atoms with van der Waals surface area (Å²) in [6.07, 6.45) is 9.12. The van der Waals surface area contributed by atoms with Crippen LogP contribution in [0.2, 0.25) is 0 Å². The Labute approximate surface area is 166 Å². The molecular weight excluding hydrogens is 356 g/mol. The third kappa shape index (κ3) is 5.75. The number of fused-ring (bicyclic) bond motifs is 1. The molecule has 2 amide bonds. The first kappa shape index (κ1) is 21.8. The minimum Gasteiger partial charge on any atom is -0.359 e. The van der Waals surface area contributed by atoms with Crippen LogP contribution in [0, 0.1) is 0 Å². The fraction of sp³-hybridized carbons (Fsp3) is 0.545. The SMILES string of the molecule is CNC(=O)CCC(C=O)N1Cc2c(CCCCCCCC=O)cccc2C1=O. The van der Waals surface area contributed by atoms with E-state index < -0.39 is 6.04 Å². The topological polar surface area (TPSA) is 83.6 Å². The lowest BCUT2D eigenvalue weighted by Gasteiger charge is -2.22. The number of carbonyl (C=O) groups is 4. The summed E-state index contributed by atoms with van der Waals surface area (Å²) in [5.41, 5.74) is 2.85. The summed E-state index contributed by atoms with van der Waals surface area (Å²) in [5.74, 6) is -0.260. The Bertz CT molecular complexity index is 702. The molecule has 1 unspecified atom stereocenters. The number of aldehydes is 2. The fourth-order valence-corrected chi connectivity index (χ4v) is 3.70. The van der Waals surface area contributed by atoms with Gasteiger partial charge in [-0.1, -0.05) is 31.4 Å². The monoisotopic (exact) mass is 386 g/mol. The van der Waals surface area contributed by atoms with E-state index in [1.807, 2.05) is 12.1 Å². The molecule has 0 saturated carbocycles. The van der Waals surface area contributed by atoms with Crippen molar-refractivity contribution in [2.45, 2.75) is 70.4 Å². The third-order valence-corrected chi connectivity index (χ3v) is 5.36. The van der Waals surface area contributed by atoms with E-state index in [1.165, 1.54) is 0 Å². The molecule has 0 radical (unpaired) electrons. The van der Waals surface area contributed by atoms with E-state index in [2.05, 4.69) is 11.4 Å². The van der Waals surface area contributed by atoms with Crippen molar-refractivity contribution in [3.63, 3.8) is 0 Å². The highest BCUT2D eigenvalue weighted by Crippen LogP contribution is 2.29. The highest BCUT2D eigenvalue weighted by atomic mass is 16.2. The molecule has 0 aliphatic carbocycles. The van der Waals surface area contributed by atoms with Crippen molar-refractivity contribution < 1.29 is 19.2 Å². The fourth-order valence-electron chi connectivity index (χ4n) is 3.70. The number of unbranched alkanes of at least 4 members (excludes halogenated alkanes) is 5. The highest BCUT2D eigenvalue weighted by molar-refractivity contribution is 6.00. The molecule has 1 atom stereocenters. The lowest BCUT2D eigenvalue weighted by Crippen LogP contribution is -2.37. The number of aryl methyl sites for hydroxylation is 1. The summed E-state index contributed by atoms with van der Waals surface area (Å²) in [7, 11) is 1.56. The molecule has 6 nitrogen and oxygen atoms in total. The number of benzene rings is 1. The average Bonchev–Trinajstić information content (AvgIpc) is 3.05. The van der Waals surface area contributed by atoms with Gasteiger partial charge in [0.15, 0.2) is 0 Å². The van der Waals surface area contributed by atoms with Crippen LogP contribution in [0.5, 0.6) is 0 Å². The van der Waals surface area contributed by atoms with Gasteiger partial charge in [0.1, 0.15) is 12.6 Å². The van der Waals surface area contributed by atoms with Crippen molar-refractivity contribution in [2.75, 3.05) is 7.05 Å². The minimum absolute atomic E-state index is 0.125. The zero-order chi connectivity index (χ0) is 20.4. The Morgan fingerprint density at radius 3 is 2.64 bits per heavy atom. The number of rotatable bonds is 13. The zero-order valence-corrected chi connectivity index (χ0v) is 16.6. The number of nitrogens with zero attached hydrogens (tertiary/aromatic N) is 1. The quantitative estimate of drug-likeness (QED) is 0.417. The molecule has 0 saturated heterocycles. The molecule has 0 spiro atoms. The summed E-state index contributed by atoms with van der Waals surface area (Å²) in [4.78, 5) is 47.7. The first-order valence-electron chi connectivity index (χ1n) is 10.1. The first-order chi connectivity index (χ1) is 13.6. The second-order valence-corrected chi connectivity index (χ2v) is 7.26. The predicted octanol–water partition coefficient (Wildman–Crippen LogP) is 2.82. The summed E-state index contributed by atoms with van der Waals surface area (Å²) in [6.45, 7) is 0.431. The molecule has 0 aromatic heterocycles. The molecule has 152 valence electrons. The van der Waals surface area contributed by atoms with Gasteiger partial charge in [-0.05, 0) is 42.9 Å². The van der Waals surface area contributed by atoms with Gasteiger partial charge in [0, 0.05) is 32.0 Å². The molecule has 6 heteroatoms. The van der Waals surface area contributed by atoms with Gasteiger partial charge in [0.25, 0.3) is 5.91 Å². The normalized spacial score (nSPS) is 13.9. The Morgan fingerprint density at radius 2 is 1.93 bits per heavy atom. The van der Waals surface area contributed by atoms with Crippen LogP contribution >= 0.6 is 0 Å². The second kappa shape index (κ2) is 11.4. The Hall–Kier alpha value is -2.50. The van der Waals surface area contributed by atoms with E-state index in [0.717, 1.165) is 62.2 Å². The number of nitrogens with one attached hydrogen (secondary N) is 1. The second-order valence-electron chi connectivity index (χ2n) is 7.26. The maximum absolute atomic E-state index is 12.8. The van der Waals surface area contributed by atoms with Crippen LogP contribution in [0.1, 0.15) is 72.9 Å². The van der Waals surface area contributed by atoms with E-state index >= 15 is 0 Å². The number of hydrogen-bond donors (Lipinski definition) is 1. The largest absolute Gasteiger partial charge is 0.359 e. The molecule has 1 aliphatic heterocycles. The molecule has 2 rings (SSSR count). The van der Waals surface area contributed by atoms with Gasteiger partial charge < -0.3 is 19.8 Å². The number of hydrogen-bond acceptors (Lipinski definition) is 4. The van der Waals surface area contributed by atoms with Crippen LogP contribution in [0.4, 0.5) is 0 Å². The van der Waals surface area contributed by atoms with Gasteiger partial charge in [-0.3, -0.25) is 9.59 Å². The standard InChI is InChI=1S/C22H30N2O4/c1-23-21(27)13-12-18(16-26)24-15-20-17(10-8-11-19(20)22(24)28)9-6-4-2-3-5-7-14-25/h8,10-11,14,16,18H,2-7,9,12-13,15H2,1H3,(H,23,27). The van der Waals surface area contributed by atoms with Crippen LogP contribution in [0.3, 0.4) is 0 Å². The molecule has 28 heavy (non-hydrogen) atoms. The van der Waals surface area contributed by atoms with E-state index in [-0.39, 0.29) is 18.2 Å². The molecule has 0 bridgehead atoms. The lowest BCUT2D eigenvalue weighted by molar-refractivity contribution is -0.121. The van der Waals surface area contributed by atoms with E-state index in [1.54, 1.807) is 11.9 Å². The molecule has 0 fully saturated rings. The van der Waals surface area contributed by atoms with Crippen molar-refractivity contribution in [1.29, 1.82) is 0 Å². The van der Waals surface area contributed by atoms with Gasteiger partial charge in [-0.2, -0.15) is 0 Å². The summed E-state index contributed by atoms with van der Waals surface area (Å²) in [6, 6.07) is 5.20. The van der Waals surface area contributed by atoms with E-state index in [0.29, 0.717) is 24.9 Å². The summed E-state index contributed by atoms with van der Waals surface area (Å²) >= 11 is 0. The molecule has 1 heterocycles. The van der Waals surface area contributed by atoms with Gasteiger partial charge >= 0.3 is 0 Å². The van der Waals surface area contributed by atoms with Crippen molar-refractivity contribution in [3.05, 3.63) is 34.9 Å². The average molecular weight is 386 g/mol. The van der Waals surface area contributed by atoms with E-state index in [9.17, 15) is 19.2 Å². The van der Waals surface area contributed by atoms with Gasteiger partial charge in [-0.15, -0.1) is 0 Å². The highest BCUT2D eigenvalue weighted by Gasteiger charge is 2.33. The van der Waals surface area contributed by atoms with Crippen LogP contribution < -0.4 is 5.32 Å². The predicted molar refractivity (Wildman–Crippen MR) is 107 cm³/mol. The van der Waals surface area contributed by atoms with Crippen molar-refractivity contribution in [2.24, 2.45) is 0 Å². The minimum atomic E-state index is -0.581. The number of carbonyl (C=O) groups excluding carboxylic acids is 4. The molecule has 1 aliphatic rings. The molecular formula is C22H30N2O4. The third-order valence-electron chi connectivity index (χ3n) is 5.36. The Kier molecular flexibility index (Phi) is 8.85. The van der Waals surface area contributed by atoms with Gasteiger partial charge in [-0.25, -0.2) is 0 Å². The maximum Gasteiger partial charge on any atom is 0.255 e. The summed E-state index contributed by atoms with van der Waals surface area (Å²) < 4.78 is 0. The van der Waals surface area contributed by atoms with Crippen molar-refractivity contribution >= 4 is 24.4 Å². The first-order valence-corrected chi connectivity index (χ1v) is 10.1. The van der Waals surface area contributed by atoms with Crippen LogP contribution in [0.15, 0.2) is 18.2 Å². The summed E-state index contributed by atoms with van der Waals surface area (Å²) in [5, 5.41) is 2.54. The van der Waals surface area contributed by atoms with Crippen LogP contribution in [0.25, 0.3) is 0 Å². The van der Waals surface area contributed by atoms with Crippen LogP contribution in [-0.2, 0) is 27.3 Å². The lowest BCUT2D eigenvalue weighted by atomic mass is 9.98. The van der Waals surface area contributed by atoms with Gasteiger partial charge in [0.2, 0.25) is 5.91 Å². The maximum atomic E-state index is 12.8. The number of amides is 2. The molecule has 1 aromatic carbocycles. The Morgan fingerprint density at radius 1 is 1.18 bits per heavy atom. The molecule has 1 N–H and O–H groups in total. The van der Waals surface area contributed by atoms with Crippen molar-refractivity contribution in [1.82, 2.24) is 10.2 Å². The van der Waals surface area contributed by atoms with Crippen molar-refractivity contribution in [3.8, 4) is 0 Å². The Balaban J connectivity index is 1.94.